The lowest BCUT2D eigenvalue weighted by molar-refractivity contribution is -0.258. The van der Waals surface area contributed by atoms with Crippen LogP contribution in [0.15, 0.2) is 0 Å². The van der Waals surface area contributed by atoms with E-state index in [-0.39, 0.29) is 24.2 Å². The minimum Gasteiger partial charge on any atom is -0.481 e. The molecule has 3 atom stereocenters. The van der Waals surface area contributed by atoms with Crippen molar-refractivity contribution in [1.82, 2.24) is 0 Å². The van der Waals surface area contributed by atoms with Crippen LogP contribution in [0.1, 0.15) is 152 Å². The molecule has 5 nitrogen and oxygen atoms in total. The largest absolute Gasteiger partial charge is 0.481 e. The number of alkyl halides is 3. The monoisotopic (exact) mass is 570 g/mol. The summed E-state index contributed by atoms with van der Waals surface area (Å²) < 4.78 is 41.5. The summed E-state index contributed by atoms with van der Waals surface area (Å²) >= 11 is 0. The van der Waals surface area contributed by atoms with Crippen LogP contribution < -0.4 is 0 Å². The van der Waals surface area contributed by atoms with Crippen LogP contribution >= 0.6 is 0 Å². The maximum atomic E-state index is 12.1. The third kappa shape index (κ3) is 24.2. The summed E-state index contributed by atoms with van der Waals surface area (Å²) in [5.41, 5.74) is -3.08. The molecule has 39 heavy (non-hydrogen) atoms. The number of unbranched alkanes of at least 4 members (excludes halogenated alkanes) is 9. The average Bonchev–Trinajstić information content (AvgIpc) is 2.86. The molecule has 0 amide bonds. The van der Waals surface area contributed by atoms with Gasteiger partial charge in [0.2, 0.25) is 0 Å². The number of aliphatic hydroxyl groups is 1. The molecular formula is C31H61F3O5. The van der Waals surface area contributed by atoms with Gasteiger partial charge in [-0.1, -0.05) is 106 Å². The van der Waals surface area contributed by atoms with Gasteiger partial charge in [0.25, 0.3) is 0 Å². The Balaban J connectivity index is -0.000000552. The SMILES string of the molecule is CCC(C)(C)C(=O)O.CCC(C)CC(C)(O)C(F)(F)F.CCCCCCCCCCCCOC(=O)C(C)CC. The van der Waals surface area contributed by atoms with E-state index in [0.29, 0.717) is 19.4 Å². The number of halogens is 3. The number of carboxylic acid groups (broad SMARTS) is 1. The lowest BCUT2D eigenvalue weighted by Crippen LogP contribution is -2.43. The van der Waals surface area contributed by atoms with Gasteiger partial charge in [0, 0.05) is 0 Å². The Labute approximate surface area is 237 Å². The van der Waals surface area contributed by atoms with E-state index in [1.165, 1.54) is 57.8 Å². The molecule has 3 unspecified atom stereocenters. The van der Waals surface area contributed by atoms with Crippen LogP contribution in [0.4, 0.5) is 13.2 Å². The summed E-state index contributed by atoms with van der Waals surface area (Å²) in [4.78, 5) is 21.7. The predicted molar refractivity (Wildman–Crippen MR) is 155 cm³/mol. The number of carboxylic acids is 1. The fourth-order valence-electron chi connectivity index (χ4n) is 3.16. The van der Waals surface area contributed by atoms with Gasteiger partial charge in [-0.3, -0.25) is 9.59 Å². The van der Waals surface area contributed by atoms with Gasteiger partial charge >= 0.3 is 18.1 Å². The summed E-state index contributed by atoms with van der Waals surface area (Å²) in [5.74, 6) is -0.803. The molecule has 0 aliphatic rings. The van der Waals surface area contributed by atoms with Crippen molar-refractivity contribution in [3.05, 3.63) is 0 Å². The maximum Gasteiger partial charge on any atom is 0.416 e. The molecule has 8 heteroatoms. The molecule has 2 N–H and O–H groups in total. The Kier molecular flexibility index (Phi) is 25.3. The number of hydrogen-bond donors (Lipinski definition) is 2. The van der Waals surface area contributed by atoms with Gasteiger partial charge in [-0.15, -0.1) is 0 Å². The summed E-state index contributed by atoms with van der Waals surface area (Å²) in [5, 5.41) is 17.5. The third-order valence-electron chi connectivity index (χ3n) is 7.27. The molecule has 0 heterocycles. The number of rotatable bonds is 18. The van der Waals surface area contributed by atoms with E-state index in [1.807, 2.05) is 20.8 Å². The Hall–Kier alpha value is -1.31. The molecule has 0 aliphatic heterocycles. The van der Waals surface area contributed by atoms with E-state index in [2.05, 4.69) is 6.92 Å². The van der Waals surface area contributed by atoms with Crippen LogP contribution in [-0.2, 0) is 14.3 Å². The lowest BCUT2D eigenvalue weighted by atomic mass is 9.91. The highest BCUT2D eigenvalue weighted by atomic mass is 19.4. The van der Waals surface area contributed by atoms with Gasteiger partial charge in [0.15, 0.2) is 5.60 Å². The second-order valence-electron chi connectivity index (χ2n) is 11.7. The van der Waals surface area contributed by atoms with E-state index < -0.39 is 23.2 Å². The highest BCUT2D eigenvalue weighted by Gasteiger charge is 2.49. The van der Waals surface area contributed by atoms with Crippen LogP contribution in [-0.4, -0.2) is 40.5 Å². The zero-order valence-electron chi connectivity index (χ0n) is 26.5. The Morgan fingerprint density at radius 3 is 1.51 bits per heavy atom. The first-order valence-corrected chi connectivity index (χ1v) is 15.1. The molecular weight excluding hydrogens is 509 g/mol. The van der Waals surface area contributed by atoms with Gasteiger partial charge in [-0.2, -0.15) is 13.2 Å². The van der Waals surface area contributed by atoms with Crippen molar-refractivity contribution in [1.29, 1.82) is 0 Å². The quantitative estimate of drug-likeness (QED) is 0.127. The van der Waals surface area contributed by atoms with Crippen LogP contribution in [0.25, 0.3) is 0 Å². The second-order valence-corrected chi connectivity index (χ2v) is 11.7. The van der Waals surface area contributed by atoms with Crippen LogP contribution in [0, 0.1) is 17.3 Å². The first-order valence-electron chi connectivity index (χ1n) is 15.1. The van der Waals surface area contributed by atoms with E-state index in [9.17, 15) is 22.8 Å². The van der Waals surface area contributed by atoms with Crippen molar-refractivity contribution in [2.24, 2.45) is 17.3 Å². The molecule has 0 fully saturated rings. The molecule has 0 rings (SSSR count). The third-order valence-corrected chi connectivity index (χ3v) is 7.27. The number of carbonyl (C=O) groups is 2. The van der Waals surface area contributed by atoms with E-state index in [1.54, 1.807) is 27.7 Å². The van der Waals surface area contributed by atoms with Crippen molar-refractivity contribution in [3.63, 3.8) is 0 Å². The first kappa shape index (κ1) is 42.2. The highest BCUT2D eigenvalue weighted by Crippen LogP contribution is 2.35. The molecule has 0 saturated heterocycles. The van der Waals surface area contributed by atoms with Crippen LogP contribution in [0.2, 0.25) is 0 Å². The van der Waals surface area contributed by atoms with Crippen LogP contribution in [0.5, 0.6) is 0 Å². The topological polar surface area (TPSA) is 83.8 Å². The zero-order valence-corrected chi connectivity index (χ0v) is 26.5. The molecule has 0 saturated carbocycles. The second kappa shape index (κ2) is 23.4. The van der Waals surface area contributed by atoms with Gasteiger partial charge in [0.1, 0.15) is 0 Å². The summed E-state index contributed by atoms with van der Waals surface area (Å²) in [6.07, 6.45) is 10.6. The normalized spacial score (nSPS) is 14.6. The van der Waals surface area contributed by atoms with Crippen molar-refractivity contribution >= 4 is 11.9 Å². The molecule has 0 radical (unpaired) electrons. The molecule has 0 aromatic carbocycles. The van der Waals surface area contributed by atoms with Gasteiger partial charge < -0.3 is 14.9 Å². The van der Waals surface area contributed by atoms with Gasteiger partial charge in [-0.25, -0.2) is 0 Å². The summed E-state index contributed by atoms with van der Waals surface area (Å²) in [6.45, 7) is 16.4. The number of hydrogen-bond acceptors (Lipinski definition) is 4. The van der Waals surface area contributed by atoms with Crippen molar-refractivity contribution in [2.45, 2.75) is 164 Å². The number of ether oxygens (including phenoxy) is 1. The Morgan fingerprint density at radius 1 is 0.769 bits per heavy atom. The first-order chi connectivity index (χ1) is 17.9. The number of carbonyl (C=O) groups excluding carboxylic acids is 1. The summed E-state index contributed by atoms with van der Waals surface area (Å²) in [6, 6.07) is 0. The van der Waals surface area contributed by atoms with Crippen LogP contribution in [0.3, 0.4) is 0 Å². The van der Waals surface area contributed by atoms with Crippen molar-refractivity contribution in [2.75, 3.05) is 6.61 Å². The zero-order chi connectivity index (χ0) is 31.1. The summed E-state index contributed by atoms with van der Waals surface area (Å²) in [7, 11) is 0. The molecule has 0 spiro atoms. The standard InChI is InChI=1S/C17H34O2.C8H15F3O.C6H12O2/c1-4-6-7-8-9-10-11-12-13-14-15-19-17(18)16(3)5-2;1-4-6(2)5-7(3,12)8(9,10)11;1-4-6(2,3)5(7)8/h16H,4-15H2,1-3H3;6,12H,4-5H2,1-3H3;4H2,1-3H3,(H,7,8). The van der Waals surface area contributed by atoms with E-state index in [4.69, 9.17) is 14.9 Å². The maximum absolute atomic E-state index is 12.1. The Bertz CT molecular complexity index is 604. The minimum absolute atomic E-state index is 0.0292. The van der Waals surface area contributed by atoms with Crippen molar-refractivity contribution in [3.8, 4) is 0 Å². The fraction of sp³-hybridized carbons (Fsp3) is 0.935. The van der Waals surface area contributed by atoms with E-state index in [0.717, 1.165) is 19.8 Å². The predicted octanol–water partition coefficient (Wildman–Crippen LogP) is 9.74. The minimum atomic E-state index is -4.52. The molecule has 0 bridgehead atoms. The lowest BCUT2D eigenvalue weighted by Gasteiger charge is -2.28. The average molecular weight is 571 g/mol. The van der Waals surface area contributed by atoms with Gasteiger partial charge in [-0.05, 0) is 52.4 Å². The smallest absolute Gasteiger partial charge is 0.416 e. The highest BCUT2D eigenvalue weighted by molar-refractivity contribution is 5.73. The molecule has 0 aromatic rings. The number of esters is 1. The van der Waals surface area contributed by atoms with Gasteiger partial charge in [0.05, 0.1) is 17.9 Å². The van der Waals surface area contributed by atoms with Crippen molar-refractivity contribution < 1.29 is 37.7 Å². The van der Waals surface area contributed by atoms with E-state index >= 15 is 0 Å². The number of aliphatic carboxylic acids is 1. The molecule has 236 valence electrons. The molecule has 0 aliphatic carbocycles. The fourth-order valence-corrected chi connectivity index (χ4v) is 3.16. The molecule has 0 aromatic heterocycles. The Morgan fingerprint density at radius 2 is 1.21 bits per heavy atom.